The summed E-state index contributed by atoms with van der Waals surface area (Å²) in [6, 6.07) is 9.60. The van der Waals surface area contributed by atoms with Crippen molar-refractivity contribution in [3.8, 4) is 17.4 Å². The highest BCUT2D eigenvalue weighted by atomic mass is 31.1. The van der Waals surface area contributed by atoms with Crippen molar-refractivity contribution in [2.24, 2.45) is 4.74 Å². The van der Waals surface area contributed by atoms with E-state index in [1.165, 1.54) is 31.9 Å². The first-order valence-corrected chi connectivity index (χ1v) is 14.9. The van der Waals surface area contributed by atoms with Crippen LogP contribution in [0.25, 0.3) is 21.9 Å². The summed E-state index contributed by atoms with van der Waals surface area (Å²) in [5.41, 5.74) is 4.56. The fraction of sp³-hybridized carbons (Fsp3) is 0.429. The van der Waals surface area contributed by atoms with Gasteiger partial charge in [-0.15, -0.1) is 0 Å². The van der Waals surface area contributed by atoms with Gasteiger partial charge in [0, 0.05) is 5.39 Å². The van der Waals surface area contributed by atoms with Gasteiger partial charge in [-0.05, 0) is 31.7 Å². The topological polar surface area (TPSA) is 209 Å². The summed E-state index contributed by atoms with van der Waals surface area (Å²) in [4.78, 5) is 37.5. The minimum absolute atomic E-state index is 0.0738. The molecule has 44 heavy (non-hydrogen) atoms. The zero-order valence-corrected chi connectivity index (χ0v) is 25.4. The van der Waals surface area contributed by atoms with Gasteiger partial charge in [-0.2, -0.15) is 9.97 Å². The summed E-state index contributed by atoms with van der Waals surface area (Å²) < 4.78 is 33.5. The van der Waals surface area contributed by atoms with Gasteiger partial charge in [-0.3, -0.25) is 9.09 Å². The smallest absolute Gasteiger partial charge is 0.395 e. The van der Waals surface area contributed by atoms with Crippen LogP contribution in [0.4, 0.5) is 5.95 Å². The number of hydrogen-bond donors (Lipinski definition) is 3. The van der Waals surface area contributed by atoms with Crippen molar-refractivity contribution in [1.82, 2.24) is 19.5 Å². The fourth-order valence-corrected chi connectivity index (χ4v) is 5.58. The van der Waals surface area contributed by atoms with Crippen molar-refractivity contribution in [1.29, 1.82) is 0 Å². The number of benzene rings is 2. The summed E-state index contributed by atoms with van der Waals surface area (Å²) in [7, 11) is -1.29. The van der Waals surface area contributed by atoms with Gasteiger partial charge in [0.25, 0.3) is 0 Å². The number of rotatable bonds is 11. The van der Waals surface area contributed by atoms with Crippen LogP contribution in [0.15, 0.2) is 47.5 Å². The molecule has 16 heteroatoms. The largest absolute Gasteiger partial charge is 0.575 e. The molecule has 2 aromatic carbocycles. The molecule has 0 aliphatic carbocycles. The van der Waals surface area contributed by atoms with Gasteiger partial charge in [0.1, 0.15) is 24.4 Å². The number of nitrogen functional groups attached to an aromatic ring is 1. The molecule has 1 saturated heterocycles. The first kappa shape index (κ1) is 31.3. The van der Waals surface area contributed by atoms with Crippen LogP contribution >= 0.6 is 8.17 Å². The molecule has 1 aliphatic rings. The molecule has 0 bridgehead atoms. The van der Waals surface area contributed by atoms with Crippen LogP contribution in [0.3, 0.4) is 0 Å². The maximum absolute atomic E-state index is 12.9. The first-order chi connectivity index (χ1) is 21.0. The van der Waals surface area contributed by atoms with E-state index in [1.807, 2.05) is 19.1 Å². The van der Waals surface area contributed by atoms with E-state index >= 15 is 0 Å². The molecular formula is C28H33N6O9P. The van der Waals surface area contributed by atoms with Crippen molar-refractivity contribution in [3.05, 3.63) is 42.7 Å². The van der Waals surface area contributed by atoms with Gasteiger partial charge in [0.05, 0.1) is 20.0 Å². The third-order valence-electron chi connectivity index (χ3n) is 7.08. The number of hydrogen-bond acceptors (Lipinski definition) is 14. The number of fused-ring (bicyclic) bond motifs is 2. The average molecular weight is 629 g/mol. The van der Waals surface area contributed by atoms with Crippen LogP contribution in [-0.2, 0) is 14.3 Å². The Hall–Kier alpha value is -4.14. The fourth-order valence-electron chi connectivity index (χ4n) is 4.81. The van der Waals surface area contributed by atoms with Crippen molar-refractivity contribution in [2.75, 3.05) is 26.1 Å². The molecule has 5 rings (SSSR count). The normalized spacial score (nSPS) is 22.7. The molecule has 0 saturated carbocycles. The number of nitrogens with zero attached hydrogens (tertiary/aromatic N) is 5. The van der Waals surface area contributed by atoms with Gasteiger partial charge in [-0.25, -0.2) is 9.78 Å². The molecule has 1 fully saturated rings. The number of esters is 1. The number of aliphatic hydroxyl groups is 2. The highest BCUT2D eigenvalue weighted by molar-refractivity contribution is 7.34. The Labute approximate surface area is 253 Å². The van der Waals surface area contributed by atoms with E-state index in [1.54, 1.807) is 24.3 Å². The Morgan fingerprint density at radius 3 is 2.82 bits per heavy atom. The predicted molar refractivity (Wildman–Crippen MR) is 157 cm³/mol. The van der Waals surface area contributed by atoms with Crippen LogP contribution in [0.1, 0.15) is 33.4 Å². The summed E-state index contributed by atoms with van der Waals surface area (Å²) in [5.74, 6) is -0.236. The van der Waals surface area contributed by atoms with Crippen molar-refractivity contribution >= 4 is 42.0 Å². The lowest BCUT2D eigenvalue weighted by molar-refractivity contribution is -0.169. The van der Waals surface area contributed by atoms with Crippen LogP contribution in [-0.4, -0.2) is 79.9 Å². The Kier molecular flexibility index (Phi) is 9.13. The molecular weight excluding hydrogens is 595 g/mol. The second-order valence-corrected chi connectivity index (χ2v) is 11.2. The number of carbonyl (C=O) groups excluding carboxylic acids is 1. The molecule has 2 unspecified atom stereocenters. The maximum atomic E-state index is 12.9. The SMILES string of the molecule is CCCOC(=O)[C@H](C)N=[P+]([O-])Oc1c(OC[C@H]2OC(n3cnc4c(OC)nc(N)nc43)[C@](C)(O)[C@@H]2O)ccc2ccccc12. The molecule has 4 N–H and O–H groups in total. The van der Waals surface area contributed by atoms with Gasteiger partial charge in [0.15, 0.2) is 29.2 Å². The first-order valence-electron chi connectivity index (χ1n) is 13.8. The summed E-state index contributed by atoms with van der Waals surface area (Å²) in [6.07, 6.45) is -1.55. The van der Waals surface area contributed by atoms with Gasteiger partial charge >= 0.3 is 14.1 Å². The Morgan fingerprint density at radius 1 is 1.30 bits per heavy atom. The van der Waals surface area contributed by atoms with E-state index in [-0.39, 0.29) is 42.2 Å². The minimum atomic E-state index is -2.70. The van der Waals surface area contributed by atoms with Crippen LogP contribution in [0, 0.1) is 0 Å². The molecule has 4 aromatic rings. The molecule has 0 amide bonds. The lowest BCUT2D eigenvalue weighted by Gasteiger charge is -2.27. The number of anilines is 1. The van der Waals surface area contributed by atoms with E-state index in [2.05, 4.69) is 19.7 Å². The molecule has 3 heterocycles. The maximum Gasteiger partial charge on any atom is 0.395 e. The number of imidazole rings is 1. The third-order valence-corrected chi connectivity index (χ3v) is 7.95. The van der Waals surface area contributed by atoms with Crippen LogP contribution in [0.5, 0.6) is 17.4 Å². The number of methoxy groups -OCH3 is 1. The summed E-state index contributed by atoms with van der Waals surface area (Å²) in [5, 5.41) is 23.8. The van der Waals surface area contributed by atoms with Crippen LogP contribution < -0.4 is 24.6 Å². The minimum Gasteiger partial charge on any atom is -0.575 e. The molecule has 6 atom stereocenters. The van der Waals surface area contributed by atoms with Crippen LogP contribution in [0.2, 0.25) is 0 Å². The third kappa shape index (κ3) is 6.10. The van der Waals surface area contributed by atoms with E-state index in [0.29, 0.717) is 17.3 Å². The molecule has 15 nitrogen and oxygen atoms in total. The second-order valence-electron chi connectivity index (χ2n) is 10.3. The standard InChI is InChI=1S/C28H33N6O9P/c1-5-12-40-25(36)15(2)33-44(38)43-21-17-9-7-6-8-16(17)10-11-18(21)41-13-19-22(35)28(3,37)26(42-19)34-14-30-20-23(34)31-27(29)32-24(20)39-4/h6-11,14-15,19,22,26,35,37H,5,12-13H2,1-4H3,(H2,29,31,32)/t15-,19+,22+,26?,28+/m0/s1. The van der Waals surface area contributed by atoms with E-state index in [9.17, 15) is 19.9 Å². The van der Waals surface area contributed by atoms with Gasteiger partial charge in [-0.1, -0.05) is 42.0 Å². The second kappa shape index (κ2) is 12.8. The zero-order chi connectivity index (χ0) is 31.6. The molecule has 0 radical (unpaired) electrons. The lowest BCUT2D eigenvalue weighted by atomic mass is 9.96. The van der Waals surface area contributed by atoms with E-state index in [0.717, 1.165) is 5.39 Å². The monoisotopic (exact) mass is 628 g/mol. The predicted octanol–water partition coefficient (Wildman–Crippen LogP) is 2.23. The molecule has 234 valence electrons. The molecule has 0 spiro atoms. The number of carbonyl (C=O) groups is 1. The molecule has 1 aliphatic heterocycles. The number of nitrogens with two attached hydrogens (primary N) is 1. The number of aliphatic hydroxyl groups excluding tert-OH is 1. The Morgan fingerprint density at radius 2 is 2.07 bits per heavy atom. The lowest BCUT2D eigenvalue weighted by Crippen LogP contribution is -2.44. The summed E-state index contributed by atoms with van der Waals surface area (Å²) >= 11 is 0. The van der Waals surface area contributed by atoms with Gasteiger partial charge < -0.3 is 39.8 Å². The van der Waals surface area contributed by atoms with Crippen molar-refractivity contribution < 1.29 is 43.4 Å². The van der Waals surface area contributed by atoms with E-state index in [4.69, 9.17) is 29.2 Å². The Bertz CT molecular complexity index is 1700. The van der Waals surface area contributed by atoms with Gasteiger partial charge in [0.2, 0.25) is 17.6 Å². The number of ether oxygens (including phenoxy) is 4. The number of aromatic nitrogens is 4. The zero-order valence-electron chi connectivity index (χ0n) is 24.5. The van der Waals surface area contributed by atoms with Crippen molar-refractivity contribution in [3.63, 3.8) is 0 Å². The van der Waals surface area contributed by atoms with Crippen molar-refractivity contribution in [2.45, 2.75) is 57.3 Å². The highest BCUT2D eigenvalue weighted by Crippen LogP contribution is 2.43. The Balaban J connectivity index is 1.39. The molecule has 2 aromatic heterocycles. The average Bonchev–Trinajstić information content (AvgIpc) is 3.51. The highest BCUT2D eigenvalue weighted by Gasteiger charge is 2.54. The quantitative estimate of drug-likeness (QED) is 0.161. The summed E-state index contributed by atoms with van der Waals surface area (Å²) in [6.45, 7) is 4.74. The van der Waals surface area contributed by atoms with E-state index < -0.39 is 44.2 Å².